The van der Waals surface area contributed by atoms with Crippen molar-refractivity contribution in [3.8, 4) is 16.8 Å². The predicted molar refractivity (Wildman–Crippen MR) is 206 cm³/mol. The van der Waals surface area contributed by atoms with Crippen LogP contribution in [0.25, 0.3) is 71.3 Å². The Morgan fingerprint density at radius 3 is 1.96 bits per heavy atom. The molecule has 0 saturated carbocycles. The van der Waals surface area contributed by atoms with Crippen LogP contribution in [0.1, 0.15) is 0 Å². The first-order chi connectivity index (χ1) is 24.3. The zero-order valence-electron chi connectivity index (χ0n) is 26.6. The van der Waals surface area contributed by atoms with Crippen LogP contribution in [0.3, 0.4) is 0 Å². The molecule has 49 heavy (non-hydrogen) atoms. The van der Waals surface area contributed by atoms with Gasteiger partial charge in [0, 0.05) is 33.2 Å². The van der Waals surface area contributed by atoms with Gasteiger partial charge in [0.05, 0.1) is 22.1 Å². The standard InChI is InChI=1S/C46H30N2O/c1-3-16-32(17-4-1)47(41-25-13-27-44-46(41)39-21-9-10-26-43(39)49-44)34-28-29-38-42(30-34)48(33-18-5-2-6-19-33)40-24-12-23-37(45(38)40)36-22-11-15-31-14-7-8-20-35(31)36/h1-30H. The molecule has 230 valence electrons. The van der Waals surface area contributed by atoms with Crippen LogP contribution in [0.2, 0.25) is 0 Å². The number of anilines is 3. The van der Waals surface area contributed by atoms with Gasteiger partial charge in [0.1, 0.15) is 11.2 Å². The Bertz CT molecular complexity index is 2820. The number of fused-ring (bicyclic) bond motifs is 7. The quantitative estimate of drug-likeness (QED) is 0.190. The molecule has 3 nitrogen and oxygen atoms in total. The number of nitrogens with zero attached hydrogens (tertiary/aromatic N) is 2. The van der Waals surface area contributed by atoms with Gasteiger partial charge in [-0.1, -0.05) is 121 Å². The molecule has 0 amide bonds. The first-order valence-corrected chi connectivity index (χ1v) is 16.7. The molecule has 0 unspecified atom stereocenters. The molecule has 0 N–H and O–H groups in total. The van der Waals surface area contributed by atoms with E-state index in [-0.39, 0.29) is 0 Å². The van der Waals surface area contributed by atoms with E-state index in [0.29, 0.717) is 0 Å². The van der Waals surface area contributed by atoms with Gasteiger partial charge in [-0.15, -0.1) is 0 Å². The van der Waals surface area contributed by atoms with Crippen LogP contribution < -0.4 is 4.90 Å². The number of furan rings is 1. The first-order valence-electron chi connectivity index (χ1n) is 16.7. The summed E-state index contributed by atoms with van der Waals surface area (Å²) in [6.07, 6.45) is 0. The largest absolute Gasteiger partial charge is 0.456 e. The van der Waals surface area contributed by atoms with Gasteiger partial charge in [0.2, 0.25) is 0 Å². The number of hydrogen-bond donors (Lipinski definition) is 0. The molecule has 0 aliphatic carbocycles. The summed E-state index contributed by atoms with van der Waals surface area (Å²) in [7, 11) is 0. The summed E-state index contributed by atoms with van der Waals surface area (Å²) in [5.41, 5.74) is 10.9. The normalized spacial score (nSPS) is 11.7. The second-order valence-corrected chi connectivity index (χ2v) is 12.5. The van der Waals surface area contributed by atoms with Gasteiger partial charge < -0.3 is 13.9 Å². The van der Waals surface area contributed by atoms with Crippen molar-refractivity contribution >= 4 is 71.6 Å². The highest BCUT2D eigenvalue weighted by molar-refractivity contribution is 6.19. The lowest BCUT2D eigenvalue weighted by Gasteiger charge is -2.26. The molecule has 2 heterocycles. The number of hydrogen-bond acceptors (Lipinski definition) is 2. The van der Waals surface area contributed by atoms with Crippen LogP contribution in [0.5, 0.6) is 0 Å². The number of para-hydroxylation sites is 3. The molecule has 0 atom stereocenters. The van der Waals surface area contributed by atoms with Crippen LogP contribution in [-0.4, -0.2) is 4.57 Å². The Labute approximate surface area is 283 Å². The van der Waals surface area contributed by atoms with Crippen molar-refractivity contribution in [2.45, 2.75) is 0 Å². The SMILES string of the molecule is c1ccc(N(c2ccc3c4c(-c5cccc6ccccc56)cccc4n(-c4ccccc4)c3c2)c2cccc3oc4ccccc4c23)cc1. The lowest BCUT2D eigenvalue weighted by atomic mass is 9.94. The summed E-state index contributed by atoms with van der Waals surface area (Å²) >= 11 is 0. The third-order valence-electron chi connectivity index (χ3n) is 9.76. The maximum Gasteiger partial charge on any atom is 0.137 e. The topological polar surface area (TPSA) is 21.3 Å². The van der Waals surface area contributed by atoms with Gasteiger partial charge in [-0.25, -0.2) is 0 Å². The van der Waals surface area contributed by atoms with Crippen molar-refractivity contribution in [1.29, 1.82) is 0 Å². The van der Waals surface area contributed by atoms with Crippen LogP contribution >= 0.6 is 0 Å². The van der Waals surface area contributed by atoms with E-state index in [2.05, 4.69) is 179 Å². The van der Waals surface area contributed by atoms with Crippen LogP contribution in [0.4, 0.5) is 17.1 Å². The van der Waals surface area contributed by atoms with Crippen LogP contribution in [0, 0.1) is 0 Å². The van der Waals surface area contributed by atoms with E-state index in [0.717, 1.165) is 50.2 Å². The lowest BCUT2D eigenvalue weighted by molar-refractivity contribution is 0.669. The van der Waals surface area contributed by atoms with Gasteiger partial charge in [0.25, 0.3) is 0 Å². The molecule has 8 aromatic carbocycles. The van der Waals surface area contributed by atoms with E-state index < -0.39 is 0 Å². The number of benzene rings is 8. The van der Waals surface area contributed by atoms with E-state index in [9.17, 15) is 0 Å². The highest BCUT2D eigenvalue weighted by Crippen LogP contribution is 2.46. The van der Waals surface area contributed by atoms with Crippen molar-refractivity contribution in [3.05, 3.63) is 182 Å². The summed E-state index contributed by atoms with van der Waals surface area (Å²) in [6.45, 7) is 0. The van der Waals surface area contributed by atoms with Crippen molar-refractivity contribution in [3.63, 3.8) is 0 Å². The fraction of sp³-hybridized carbons (Fsp3) is 0. The van der Waals surface area contributed by atoms with Crippen molar-refractivity contribution in [2.75, 3.05) is 4.90 Å². The van der Waals surface area contributed by atoms with E-state index in [1.54, 1.807) is 0 Å². The summed E-state index contributed by atoms with van der Waals surface area (Å²) in [6, 6.07) is 64.9. The molecule has 10 rings (SSSR count). The van der Waals surface area contributed by atoms with E-state index in [4.69, 9.17) is 4.42 Å². The monoisotopic (exact) mass is 626 g/mol. The average Bonchev–Trinajstić information content (AvgIpc) is 3.72. The number of aromatic nitrogens is 1. The minimum atomic E-state index is 0.874. The van der Waals surface area contributed by atoms with Crippen molar-refractivity contribution in [2.24, 2.45) is 0 Å². The second kappa shape index (κ2) is 11.0. The molecule has 0 aliphatic heterocycles. The Kier molecular flexibility index (Phi) is 6.18. The van der Waals surface area contributed by atoms with Gasteiger partial charge in [0.15, 0.2) is 0 Å². The molecule has 2 aromatic heterocycles. The second-order valence-electron chi connectivity index (χ2n) is 12.5. The highest BCUT2D eigenvalue weighted by Gasteiger charge is 2.22. The molecular weight excluding hydrogens is 597 g/mol. The summed E-state index contributed by atoms with van der Waals surface area (Å²) in [5, 5.41) is 7.16. The van der Waals surface area contributed by atoms with Crippen molar-refractivity contribution < 1.29 is 4.42 Å². The Hall–Kier alpha value is -6.58. The molecule has 0 aliphatic rings. The Morgan fingerprint density at radius 2 is 1.08 bits per heavy atom. The molecule has 10 aromatic rings. The smallest absolute Gasteiger partial charge is 0.137 e. The minimum absolute atomic E-state index is 0.874. The van der Waals surface area contributed by atoms with E-state index >= 15 is 0 Å². The molecule has 0 saturated heterocycles. The Morgan fingerprint density at radius 1 is 0.408 bits per heavy atom. The maximum absolute atomic E-state index is 6.36. The fourth-order valence-corrected chi connectivity index (χ4v) is 7.68. The molecule has 0 radical (unpaired) electrons. The van der Waals surface area contributed by atoms with Crippen LogP contribution in [-0.2, 0) is 0 Å². The molecule has 3 heteroatoms. The predicted octanol–water partition coefficient (Wildman–Crippen LogP) is 13.0. The average molecular weight is 627 g/mol. The molecule has 0 spiro atoms. The van der Waals surface area contributed by atoms with Gasteiger partial charge in [-0.2, -0.15) is 0 Å². The summed E-state index contributed by atoms with van der Waals surface area (Å²) in [4.78, 5) is 2.36. The van der Waals surface area contributed by atoms with Crippen molar-refractivity contribution in [1.82, 2.24) is 4.57 Å². The fourth-order valence-electron chi connectivity index (χ4n) is 7.68. The first kappa shape index (κ1) is 27.5. The van der Waals surface area contributed by atoms with Gasteiger partial charge in [-0.3, -0.25) is 0 Å². The zero-order chi connectivity index (χ0) is 32.3. The summed E-state index contributed by atoms with van der Waals surface area (Å²) in [5.74, 6) is 0. The van der Waals surface area contributed by atoms with Gasteiger partial charge >= 0.3 is 0 Å². The molecule has 0 fully saturated rings. The third kappa shape index (κ3) is 4.29. The maximum atomic E-state index is 6.36. The van der Waals surface area contributed by atoms with E-state index in [1.165, 1.54) is 38.2 Å². The van der Waals surface area contributed by atoms with Gasteiger partial charge in [-0.05, 0) is 82.6 Å². The highest BCUT2D eigenvalue weighted by atomic mass is 16.3. The summed E-state index contributed by atoms with van der Waals surface area (Å²) < 4.78 is 8.77. The lowest BCUT2D eigenvalue weighted by Crippen LogP contribution is -2.10. The third-order valence-corrected chi connectivity index (χ3v) is 9.76. The minimum Gasteiger partial charge on any atom is -0.456 e. The Balaban J connectivity index is 1.29. The van der Waals surface area contributed by atoms with Crippen LogP contribution in [0.15, 0.2) is 186 Å². The zero-order valence-corrected chi connectivity index (χ0v) is 26.6. The van der Waals surface area contributed by atoms with E-state index in [1.807, 2.05) is 12.1 Å². The molecular formula is C46H30N2O. The number of rotatable bonds is 5. The molecule has 0 bridgehead atoms.